The summed E-state index contributed by atoms with van der Waals surface area (Å²) >= 11 is 3.45. The lowest BCUT2D eigenvalue weighted by Gasteiger charge is -2.06. The summed E-state index contributed by atoms with van der Waals surface area (Å²) in [4.78, 5) is 31.0. The molecule has 0 saturated heterocycles. The molecule has 7 heteroatoms. The van der Waals surface area contributed by atoms with Crippen LogP contribution in [-0.2, 0) is 9.63 Å². The van der Waals surface area contributed by atoms with Crippen molar-refractivity contribution in [3.63, 3.8) is 0 Å². The molecule has 154 valence electrons. The van der Waals surface area contributed by atoms with Crippen LogP contribution in [0.5, 0.6) is 0 Å². The molecule has 0 unspecified atom stereocenters. The van der Waals surface area contributed by atoms with Crippen LogP contribution in [0.3, 0.4) is 0 Å². The highest BCUT2D eigenvalue weighted by Gasteiger charge is 2.11. The van der Waals surface area contributed by atoms with E-state index < -0.39 is 5.97 Å². The zero-order valence-electron chi connectivity index (χ0n) is 16.6. The summed E-state index contributed by atoms with van der Waals surface area (Å²) in [6.07, 6.45) is 3.04. The van der Waals surface area contributed by atoms with E-state index in [4.69, 9.17) is 5.11 Å². The van der Waals surface area contributed by atoms with E-state index in [2.05, 4.69) is 34.3 Å². The van der Waals surface area contributed by atoms with Crippen molar-refractivity contribution < 1.29 is 19.5 Å². The molecule has 0 aromatic heterocycles. The van der Waals surface area contributed by atoms with Crippen LogP contribution >= 0.6 is 23.5 Å². The van der Waals surface area contributed by atoms with Gasteiger partial charge in [0.25, 0.3) is 0 Å². The van der Waals surface area contributed by atoms with E-state index in [1.165, 1.54) is 18.7 Å². The maximum Gasteiger partial charge on any atom is 0.331 e. The molecule has 0 heterocycles. The van der Waals surface area contributed by atoms with Crippen LogP contribution in [0.25, 0.3) is 0 Å². The first kappa shape index (κ1) is 23.2. The highest BCUT2D eigenvalue weighted by atomic mass is 32.2. The molecule has 0 atom stereocenters. The minimum absolute atomic E-state index is 0.130. The number of oxime groups is 1. The first-order valence-corrected chi connectivity index (χ1v) is 11.2. The van der Waals surface area contributed by atoms with Gasteiger partial charge in [-0.3, -0.25) is 4.79 Å². The van der Waals surface area contributed by atoms with Crippen LogP contribution in [-0.4, -0.2) is 34.9 Å². The minimum atomic E-state index is -0.560. The summed E-state index contributed by atoms with van der Waals surface area (Å²) < 4.78 is 0. The second-order valence-corrected chi connectivity index (χ2v) is 8.63. The lowest BCUT2D eigenvalue weighted by atomic mass is 10.1. The molecular weight excluding hydrogens is 406 g/mol. The molecule has 2 aromatic carbocycles. The Balaban J connectivity index is 1.88. The average molecular weight is 432 g/mol. The van der Waals surface area contributed by atoms with Gasteiger partial charge in [0.05, 0.1) is 0 Å². The number of hydrogen-bond acceptors (Lipinski definition) is 7. The Kier molecular flexibility index (Phi) is 9.97. The number of thioether (sulfide) groups is 1. The summed E-state index contributed by atoms with van der Waals surface area (Å²) in [5, 5.41) is 12.3. The smallest absolute Gasteiger partial charge is 0.331 e. The van der Waals surface area contributed by atoms with Gasteiger partial charge in [-0.1, -0.05) is 23.3 Å². The van der Waals surface area contributed by atoms with Crippen molar-refractivity contribution in [3.05, 3.63) is 54.1 Å². The summed E-state index contributed by atoms with van der Waals surface area (Å²) in [6.45, 7) is 3.02. The van der Waals surface area contributed by atoms with Gasteiger partial charge < -0.3 is 9.94 Å². The third-order valence-corrected chi connectivity index (χ3v) is 6.00. The minimum Gasteiger partial charge on any atom is -0.396 e. The van der Waals surface area contributed by atoms with Crippen molar-refractivity contribution in [1.29, 1.82) is 0 Å². The Morgan fingerprint density at radius 1 is 0.897 bits per heavy atom. The number of Topliss-reactive ketones (excluding diaryl/α,β-unsaturated/α-hetero) is 1. The van der Waals surface area contributed by atoms with Gasteiger partial charge in [-0.05, 0) is 74.0 Å². The van der Waals surface area contributed by atoms with Gasteiger partial charge in [-0.2, -0.15) is 0 Å². The molecule has 0 aliphatic carbocycles. The second-order valence-electron chi connectivity index (χ2n) is 6.32. The number of unbranched alkanes of at least 4 members (excludes halogenated alkanes) is 2. The topological polar surface area (TPSA) is 76.0 Å². The van der Waals surface area contributed by atoms with Gasteiger partial charge in [0.2, 0.25) is 5.78 Å². The number of carbonyl (C=O) groups excluding carboxylic acids is 2. The van der Waals surface area contributed by atoms with Gasteiger partial charge in [-0.25, -0.2) is 4.79 Å². The molecule has 29 heavy (non-hydrogen) atoms. The zero-order chi connectivity index (χ0) is 21.1. The SMILES string of the molecule is CC(=O)ON=C(C)C(=O)c1ccc(Sc2ccc(SCCCCCO)cc2)cc1. The number of aliphatic hydroxyl groups is 1. The normalized spacial score (nSPS) is 11.3. The fourth-order valence-electron chi connectivity index (χ4n) is 2.38. The van der Waals surface area contributed by atoms with E-state index in [0.29, 0.717) is 5.56 Å². The Bertz CT molecular complexity index is 833. The van der Waals surface area contributed by atoms with E-state index >= 15 is 0 Å². The molecule has 0 fully saturated rings. The number of nitrogens with zero attached hydrogens (tertiary/aromatic N) is 1. The van der Waals surface area contributed by atoms with Crippen LogP contribution in [0.4, 0.5) is 0 Å². The van der Waals surface area contributed by atoms with Crippen molar-refractivity contribution in [3.8, 4) is 0 Å². The highest BCUT2D eigenvalue weighted by Crippen LogP contribution is 2.30. The number of carbonyl (C=O) groups is 2. The Morgan fingerprint density at radius 3 is 2.07 bits per heavy atom. The maximum absolute atomic E-state index is 12.3. The summed E-state index contributed by atoms with van der Waals surface area (Å²) in [7, 11) is 0. The van der Waals surface area contributed by atoms with E-state index in [0.717, 1.165) is 34.8 Å². The van der Waals surface area contributed by atoms with E-state index in [9.17, 15) is 9.59 Å². The van der Waals surface area contributed by atoms with Crippen molar-refractivity contribution in [1.82, 2.24) is 0 Å². The van der Waals surface area contributed by atoms with Crippen LogP contribution in [0.2, 0.25) is 0 Å². The van der Waals surface area contributed by atoms with Crippen LogP contribution < -0.4 is 0 Å². The van der Waals surface area contributed by atoms with E-state index in [1.807, 2.05) is 23.9 Å². The molecular formula is C22H25NO4S2. The number of ketones is 1. The first-order chi connectivity index (χ1) is 14.0. The van der Waals surface area contributed by atoms with Crippen molar-refractivity contribution in [2.24, 2.45) is 5.16 Å². The molecule has 1 N–H and O–H groups in total. The molecule has 0 spiro atoms. The monoisotopic (exact) mass is 431 g/mol. The second kappa shape index (κ2) is 12.5. The number of rotatable bonds is 11. The number of benzene rings is 2. The molecule has 0 radical (unpaired) electrons. The summed E-state index contributed by atoms with van der Waals surface area (Å²) in [6, 6.07) is 15.7. The van der Waals surface area contributed by atoms with Gasteiger partial charge in [-0.15, -0.1) is 11.8 Å². The summed E-state index contributed by atoms with van der Waals surface area (Å²) in [5.41, 5.74) is 0.626. The van der Waals surface area contributed by atoms with E-state index in [-0.39, 0.29) is 18.1 Å². The number of aliphatic hydroxyl groups excluding tert-OH is 1. The zero-order valence-corrected chi connectivity index (χ0v) is 18.2. The Morgan fingerprint density at radius 2 is 1.48 bits per heavy atom. The molecule has 0 aliphatic heterocycles. The van der Waals surface area contributed by atoms with Crippen LogP contribution in [0, 0.1) is 0 Å². The molecule has 0 amide bonds. The predicted octanol–water partition coefficient (Wildman–Crippen LogP) is 5.21. The largest absolute Gasteiger partial charge is 0.396 e. The predicted molar refractivity (Wildman–Crippen MR) is 118 cm³/mol. The fourth-order valence-corrected chi connectivity index (χ4v) is 4.11. The van der Waals surface area contributed by atoms with Crippen LogP contribution in [0.15, 0.2) is 68.4 Å². The molecule has 0 aliphatic rings. The Labute approximate surface area is 179 Å². The van der Waals surface area contributed by atoms with Gasteiger partial charge in [0, 0.05) is 33.8 Å². The standard InChI is InChI=1S/C22H25NO4S2/c1-16(23-27-17(2)25)22(26)18-6-8-20(9-7-18)29-21-12-10-19(11-13-21)28-15-5-3-4-14-24/h6-13,24H,3-5,14-15H2,1-2H3. The molecule has 2 aromatic rings. The van der Waals surface area contributed by atoms with Crippen LogP contribution in [0.1, 0.15) is 43.5 Å². The summed E-state index contributed by atoms with van der Waals surface area (Å²) in [5.74, 6) is 0.223. The van der Waals surface area contributed by atoms with Crippen molar-refractivity contribution >= 4 is 41.0 Å². The van der Waals surface area contributed by atoms with Crippen molar-refractivity contribution in [2.75, 3.05) is 12.4 Å². The highest BCUT2D eigenvalue weighted by molar-refractivity contribution is 7.99. The number of hydrogen-bond donors (Lipinski definition) is 1. The first-order valence-electron chi connectivity index (χ1n) is 9.38. The third kappa shape index (κ3) is 8.43. The van der Waals surface area contributed by atoms with Gasteiger partial charge >= 0.3 is 5.97 Å². The van der Waals surface area contributed by atoms with E-state index in [1.54, 1.807) is 23.9 Å². The third-order valence-electron chi connectivity index (χ3n) is 3.89. The molecule has 5 nitrogen and oxygen atoms in total. The molecule has 0 saturated carbocycles. The Hall–Kier alpha value is -2.09. The maximum atomic E-state index is 12.3. The molecule has 2 rings (SSSR count). The van der Waals surface area contributed by atoms with Gasteiger partial charge in [0.15, 0.2) is 0 Å². The average Bonchev–Trinajstić information content (AvgIpc) is 2.73. The lowest BCUT2D eigenvalue weighted by molar-refractivity contribution is -0.140. The molecule has 0 bridgehead atoms. The lowest BCUT2D eigenvalue weighted by Crippen LogP contribution is -2.11. The van der Waals surface area contributed by atoms with Gasteiger partial charge in [0.1, 0.15) is 5.71 Å². The van der Waals surface area contributed by atoms with Crippen molar-refractivity contribution in [2.45, 2.75) is 47.8 Å². The quantitative estimate of drug-likeness (QED) is 0.131. The fraction of sp³-hybridized carbons (Fsp3) is 0.318.